The van der Waals surface area contributed by atoms with Crippen molar-refractivity contribution in [3.8, 4) is 0 Å². The first-order chi connectivity index (χ1) is 7.84. The van der Waals surface area contributed by atoms with Crippen LogP contribution in [0.25, 0.3) is 0 Å². The molecule has 0 spiro atoms. The van der Waals surface area contributed by atoms with Crippen LogP contribution in [0.5, 0.6) is 0 Å². The van der Waals surface area contributed by atoms with Crippen LogP contribution in [0.1, 0.15) is 0 Å². The van der Waals surface area contributed by atoms with Gasteiger partial charge >= 0.3 is 0 Å². The highest BCUT2D eigenvalue weighted by molar-refractivity contribution is 5.80. The van der Waals surface area contributed by atoms with E-state index >= 15 is 0 Å². The molecule has 2 aromatic rings. The summed E-state index contributed by atoms with van der Waals surface area (Å²) in [6.07, 6.45) is 6.32. The molecule has 0 amide bonds. The minimum Gasteiger partial charge on any atom is -0.389 e. The third-order valence-electron chi connectivity index (χ3n) is 1.68. The molecule has 0 aromatic carbocycles. The van der Waals surface area contributed by atoms with E-state index in [1.165, 1.54) is 9.69 Å². The molecule has 84 valence electrons. The molecule has 7 nitrogen and oxygen atoms in total. The van der Waals surface area contributed by atoms with Gasteiger partial charge in [-0.15, -0.1) is 19.9 Å². The number of aromatic nitrogens is 4. The van der Waals surface area contributed by atoms with Gasteiger partial charge in [0, 0.05) is 0 Å². The molecule has 0 aliphatic carbocycles. The summed E-state index contributed by atoms with van der Waals surface area (Å²) < 4.78 is 0. The van der Waals surface area contributed by atoms with Crippen molar-refractivity contribution in [2.45, 2.75) is 0 Å². The Kier molecular flexibility index (Phi) is 3.17. The van der Waals surface area contributed by atoms with Gasteiger partial charge in [-0.3, -0.25) is 4.79 Å². The fourth-order valence-corrected chi connectivity index (χ4v) is 0.980. The lowest BCUT2D eigenvalue weighted by Gasteiger charge is -2.05. The van der Waals surface area contributed by atoms with Crippen molar-refractivity contribution in [2.75, 3.05) is 13.2 Å². The number of rotatable bonds is 6. The van der Waals surface area contributed by atoms with Gasteiger partial charge in [-0.1, -0.05) is 0 Å². The van der Waals surface area contributed by atoms with Crippen LogP contribution in [-0.2, 0) is 4.79 Å². The van der Waals surface area contributed by atoms with E-state index in [9.17, 15) is 4.79 Å². The molecule has 0 aliphatic rings. The first-order valence-corrected chi connectivity index (χ1v) is 4.62. The standard InChI is InChI=1S/C9H10N4O3/c14-9(7-15-12-5-1-3-10-12)8-16-13-6-2-4-11-13/h1-6H,7-8H2. The highest BCUT2D eigenvalue weighted by Crippen LogP contribution is 1.82. The normalized spacial score (nSPS) is 10.0. The van der Waals surface area contributed by atoms with E-state index in [2.05, 4.69) is 10.2 Å². The van der Waals surface area contributed by atoms with Gasteiger partial charge in [-0.05, 0) is 12.1 Å². The Bertz CT molecular complexity index is 383. The fraction of sp³-hybridized carbons (Fsp3) is 0.222. The van der Waals surface area contributed by atoms with Crippen molar-refractivity contribution < 1.29 is 14.5 Å². The third-order valence-corrected chi connectivity index (χ3v) is 1.68. The maximum atomic E-state index is 11.3. The molecule has 0 N–H and O–H groups in total. The highest BCUT2D eigenvalue weighted by atomic mass is 16.7. The van der Waals surface area contributed by atoms with Gasteiger partial charge in [-0.25, -0.2) is 0 Å². The van der Waals surface area contributed by atoms with Gasteiger partial charge in [-0.2, -0.15) is 0 Å². The summed E-state index contributed by atoms with van der Waals surface area (Å²) in [5, 5.41) is 7.56. The molecule has 2 aromatic heterocycles. The zero-order chi connectivity index (χ0) is 11.2. The quantitative estimate of drug-likeness (QED) is 0.640. The number of hydrogen-bond donors (Lipinski definition) is 0. The zero-order valence-corrected chi connectivity index (χ0v) is 8.39. The molecule has 16 heavy (non-hydrogen) atoms. The Labute approximate surface area is 91.1 Å². The molecule has 0 radical (unpaired) electrons. The molecule has 0 fully saturated rings. The summed E-state index contributed by atoms with van der Waals surface area (Å²) in [7, 11) is 0. The summed E-state index contributed by atoms with van der Waals surface area (Å²) in [6.45, 7) is -0.189. The second kappa shape index (κ2) is 4.96. The predicted molar refractivity (Wildman–Crippen MR) is 52.4 cm³/mol. The highest BCUT2D eigenvalue weighted by Gasteiger charge is 2.04. The van der Waals surface area contributed by atoms with E-state index in [0.717, 1.165) is 0 Å². The number of Topliss-reactive ketones (excluding diaryl/α,β-unsaturated/α-hetero) is 1. The number of hydrogen-bond acceptors (Lipinski definition) is 5. The monoisotopic (exact) mass is 222 g/mol. The van der Waals surface area contributed by atoms with E-state index in [0.29, 0.717) is 0 Å². The van der Waals surface area contributed by atoms with Crippen LogP contribution < -0.4 is 9.68 Å². The second-order valence-corrected chi connectivity index (χ2v) is 2.90. The minimum atomic E-state index is -0.203. The zero-order valence-electron chi connectivity index (χ0n) is 8.39. The predicted octanol–water partition coefficient (Wildman–Crippen LogP) is -0.794. The molecule has 0 unspecified atom stereocenters. The fourth-order valence-electron chi connectivity index (χ4n) is 0.980. The van der Waals surface area contributed by atoms with E-state index in [4.69, 9.17) is 9.68 Å². The molecule has 0 saturated carbocycles. The van der Waals surface area contributed by atoms with Crippen LogP contribution >= 0.6 is 0 Å². The van der Waals surface area contributed by atoms with E-state index in [1.54, 1.807) is 36.9 Å². The molecule has 2 rings (SSSR count). The molecule has 0 saturated heterocycles. The van der Waals surface area contributed by atoms with E-state index < -0.39 is 0 Å². The average molecular weight is 222 g/mol. The summed E-state index contributed by atoms with van der Waals surface area (Å²) in [4.78, 5) is 23.8. The topological polar surface area (TPSA) is 71.2 Å². The summed E-state index contributed by atoms with van der Waals surface area (Å²) in [5.74, 6) is -0.203. The average Bonchev–Trinajstić information content (AvgIpc) is 2.96. The van der Waals surface area contributed by atoms with Gasteiger partial charge in [0.05, 0.1) is 24.8 Å². The third kappa shape index (κ3) is 2.84. The number of carbonyl (C=O) groups excluding carboxylic acids is 1. The molecule has 0 bridgehead atoms. The molecule has 0 atom stereocenters. The SMILES string of the molecule is O=C(COn1cccn1)COn1cccn1. The van der Waals surface area contributed by atoms with E-state index in [1.807, 2.05) is 0 Å². The lowest BCUT2D eigenvalue weighted by atomic mass is 10.5. The number of ketones is 1. The van der Waals surface area contributed by atoms with E-state index in [-0.39, 0.29) is 19.0 Å². The molecule has 2 heterocycles. The second-order valence-electron chi connectivity index (χ2n) is 2.90. The van der Waals surface area contributed by atoms with Gasteiger partial charge in [0.1, 0.15) is 0 Å². The van der Waals surface area contributed by atoms with Gasteiger partial charge in [0.25, 0.3) is 0 Å². The summed E-state index contributed by atoms with van der Waals surface area (Å²) in [6, 6.07) is 3.40. The largest absolute Gasteiger partial charge is 0.389 e. The Balaban J connectivity index is 1.69. The van der Waals surface area contributed by atoms with Crippen molar-refractivity contribution >= 4 is 5.78 Å². The smallest absolute Gasteiger partial charge is 0.213 e. The van der Waals surface area contributed by atoms with Crippen molar-refractivity contribution in [3.63, 3.8) is 0 Å². The van der Waals surface area contributed by atoms with Crippen molar-refractivity contribution in [2.24, 2.45) is 0 Å². The Morgan fingerprint density at radius 1 is 1.00 bits per heavy atom. The molecular weight excluding hydrogens is 212 g/mol. The Morgan fingerprint density at radius 2 is 1.50 bits per heavy atom. The summed E-state index contributed by atoms with van der Waals surface area (Å²) in [5.41, 5.74) is 0. The van der Waals surface area contributed by atoms with Gasteiger partial charge < -0.3 is 9.68 Å². The molecule has 0 aliphatic heterocycles. The van der Waals surface area contributed by atoms with Gasteiger partial charge in [0.15, 0.2) is 13.2 Å². The van der Waals surface area contributed by atoms with Crippen LogP contribution in [0.3, 0.4) is 0 Å². The first-order valence-electron chi connectivity index (χ1n) is 4.62. The Morgan fingerprint density at radius 3 is 1.88 bits per heavy atom. The maximum absolute atomic E-state index is 11.3. The summed E-state index contributed by atoms with van der Waals surface area (Å²) >= 11 is 0. The van der Waals surface area contributed by atoms with Crippen LogP contribution in [-0.4, -0.2) is 38.9 Å². The van der Waals surface area contributed by atoms with Crippen LogP contribution in [0, 0.1) is 0 Å². The van der Waals surface area contributed by atoms with Gasteiger partial charge in [0.2, 0.25) is 5.78 Å². The maximum Gasteiger partial charge on any atom is 0.213 e. The van der Waals surface area contributed by atoms with Crippen molar-refractivity contribution in [1.82, 2.24) is 19.9 Å². The lowest BCUT2D eigenvalue weighted by molar-refractivity contribution is -0.129. The van der Waals surface area contributed by atoms with Crippen LogP contribution in [0.2, 0.25) is 0 Å². The van der Waals surface area contributed by atoms with Crippen LogP contribution in [0.4, 0.5) is 0 Å². The van der Waals surface area contributed by atoms with Crippen molar-refractivity contribution in [1.29, 1.82) is 0 Å². The Hall–Kier alpha value is -2.31. The number of nitrogens with zero attached hydrogens (tertiary/aromatic N) is 4. The first kappa shape index (κ1) is 10.2. The molecule has 7 heteroatoms. The minimum absolute atomic E-state index is 0.0943. The molecular formula is C9H10N4O3. The van der Waals surface area contributed by atoms with Crippen LogP contribution in [0.15, 0.2) is 36.9 Å². The van der Waals surface area contributed by atoms with Crippen molar-refractivity contribution in [3.05, 3.63) is 36.9 Å². The number of carbonyl (C=O) groups is 1. The lowest BCUT2D eigenvalue weighted by Crippen LogP contribution is -2.27.